The average molecular weight is 236 g/mol. The van der Waals surface area contributed by atoms with Gasteiger partial charge in [-0.25, -0.2) is 9.67 Å². The summed E-state index contributed by atoms with van der Waals surface area (Å²) in [5, 5.41) is 4.28. The van der Waals surface area contributed by atoms with E-state index in [1.807, 2.05) is 4.68 Å². The molecule has 4 nitrogen and oxygen atoms in total. The van der Waals surface area contributed by atoms with Gasteiger partial charge in [-0.1, -0.05) is 20.8 Å². The molecule has 2 N–H and O–H groups in total. The zero-order valence-corrected chi connectivity index (χ0v) is 11.1. The predicted octanol–water partition coefficient (Wildman–Crippen LogP) is 1.85. The molecule has 4 heteroatoms. The van der Waals surface area contributed by atoms with E-state index in [1.54, 1.807) is 6.33 Å². The second-order valence-corrected chi connectivity index (χ2v) is 5.82. The minimum atomic E-state index is 0.220. The first kappa shape index (κ1) is 12.6. The topological polar surface area (TPSA) is 56.7 Å². The van der Waals surface area contributed by atoms with Gasteiger partial charge in [0.2, 0.25) is 0 Å². The van der Waals surface area contributed by atoms with Crippen molar-refractivity contribution < 1.29 is 0 Å². The van der Waals surface area contributed by atoms with E-state index in [4.69, 9.17) is 5.73 Å². The summed E-state index contributed by atoms with van der Waals surface area (Å²) in [6.45, 7) is 7.59. The van der Waals surface area contributed by atoms with Crippen LogP contribution < -0.4 is 5.73 Å². The summed E-state index contributed by atoms with van der Waals surface area (Å²) < 4.78 is 2.00. The fourth-order valence-corrected chi connectivity index (χ4v) is 2.31. The summed E-state index contributed by atoms with van der Waals surface area (Å²) in [6.07, 6.45) is 5.21. The zero-order valence-electron chi connectivity index (χ0n) is 11.1. The Kier molecular flexibility index (Phi) is 3.82. The molecule has 0 bridgehead atoms. The lowest BCUT2D eigenvalue weighted by Crippen LogP contribution is -2.33. The highest BCUT2D eigenvalue weighted by molar-refractivity contribution is 4.94. The lowest BCUT2D eigenvalue weighted by Gasteiger charge is -2.19. The quantitative estimate of drug-likeness (QED) is 0.820. The van der Waals surface area contributed by atoms with Gasteiger partial charge in [0.15, 0.2) is 0 Å². The van der Waals surface area contributed by atoms with Gasteiger partial charge in [0.05, 0.1) is 0 Å². The van der Waals surface area contributed by atoms with Crippen molar-refractivity contribution in [1.82, 2.24) is 14.8 Å². The Hall–Kier alpha value is -0.900. The minimum absolute atomic E-state index is 0.220. The van der Waals surface area contributed by atoms with E-state index in [2.05, 4.69) is 30.9 Å². The standard InChI is InChI=1S/C13H24N4/c1-9(2)7-17-13(15-8-16-17)6-12(14)10(3)11-4-5-11/h8-12H,4-7,14H2,1-3H3. The van der Waals surface area contributed by atoms with E-state index >= 15 is 0 Å². The molecule has 1 aliphatic carbocycles. The molecule has 0 aliphatic heterocycles. The van der Waals surface area contributed by atoms with Crippen LogP contribution in [0.1, 0.15) is 39.4 Å². The van der Waals surface area contributed by atoms with Crippen molar-refractivity contribution in [3.05, 3.63) is 12.2 Å². The van der Waals surface area contributed by atoms with Gasteiger partial charge >= 0.3 is 0 Å². The molecule has 1 aliphatic rings. The Morgan fingerprint density at radius 1 is 1.41 bits per heavy atom. The molecule has 0 radical (unpaired) electrons. The van der Waals surface area contributed by atoms with E-state index in [1.165, 1.54) is 12.8 Å². The SMILES string of the molecule is CC(C)Cn1ncnc1CC(N)C(C)C1CC1. The molecule has 0 saturated heterocycles. The summed E-state index contributed by atoms with van der Waals surface area (Å²) in [5.74, 6) is 3.09. The number of nitrogens with zero attached hydrogens (tertiary/aromatic N) is 3. The van der Waals surface area contributed by atoms with E-state index in [0.29, 0.717) is 11.8 Å². The Morgan fingerprint density at radius 3 is 2.71 bits per heavy atom. The van der Waals surface area contributed by atoms with Crippen molar-refractivity contribution in [2.24, 2.45) is 23.5 Å². The number of hydrogen-bond donors (Lipinski definition) is 1. The first-order valence-corrected chi connectivity index (χ1v) is 6.70. The zero-order chi connectivity index (χ0) is 12.4. The van der Waals surface area contributed by atoms with Crippen LogP contribution in [0.4, 0.5) is 0 Å². The highest BCUT2D eigenvalue weighted by Crippen LogP contribution is 2.38. The van der Waals surface area contributed by atoms with Crippen molar-refractivity contribution in [1.29, 1.82) is 0 Å². The summed E-state index contributed by atoms with van der Waals surface area (Å²) in [4.78, 5) is 4.34. The van der Waals surface area contributed by atoms with Crippen molar-refractivity contribution in [2.45, 2.75) is 52.6 Å². The van der Waals surface area contributed by atoms with E-state index in [0.717, 1.165) is 24.7 Å². The second kappa shape index (κ2) is 5.17. The maximum atomic E-state index is 6.27. The van der Waals surface area contributed by atoms with Crippen LogP contribution in [-0.4, -0.2) is 20.8 Å². The Labute approximate surface area is 104 Å². The molecule has 1 fully saturated rings. The van der Waals surface area contributed by atoms with Crippen molar-refractivity contribution in [2.75, 3.05) is 0 Å². The lowest BCUT2D eigenvalue weighted by atomic mass is 9.95. The average Bonchev–Trinajstić information content (AvgIpc) is 3.02. The fourth-order valence-electron chi connectivity index (χ4n) is 2.31. The van der Waals surface area contributed by atoms with Crippen LogP contribution in [0.3, 0.4) is 0 Å². The van der Waals surface area contributed by atoms with Crippen LogP contribution in [-0.2, 0) is 13.0 Å². The Balaban J connectivity index is 1.95. The lowest BCUT2D eigenvalue weighted by molar-refractivity contribution is 0.385. The van der Waals surface area contributed by atoms with Gasteiger partial charge in [0, 0.05) is 19.0 Å². The van der Waals surface area contributed by atoms with Crippen molar-refractivity contribution >= 4 is 0 Å². The monoisotopic (exact) mass is 236 g/mol. The van der Waals surface area contributed by atoms with Crippen LogP contribution in [0.15, 0.2) is 6.33 Å². The van der Waals surface area contributed by atoms with Gasteiger partial charge in [0.1, 0.15) is 12.2 Å². The summed E-state index contributed by atoms with van der Waals surface area (Å²) >= 11 is 0. The molecule has 2 rings (SSSR count). The van der Waals surface area contributed by atoms with Gasteiger partial charge in [-0.2, -0.15) is 5.10 Å². The molecular weight excluding hydrogens is 212 g/mol. The smallest absolute Gasteiger partial charge is 0.138 e. The van der Waals surface area contributed by atoms with E-state index < -0.39 is 0 Å². The van der Waals surface area contributed by atoms with Crippen LogP contribution in [0.5, 0.6) is 0 Å². The highest BCUT2D eigenvalue weighted by Gasteiger charge is 2.32. The number of hydrogen-bond acceptors (Lipinski definition) is 3. The molecule has 17 heavy (non-hydrogen) atoms. The first-order valence-electron chi connectivity index (χ1n) is 6.70. The maximum Gasteiger partial charge on any atom is 0.138 e. The van der Waals surface area contributed by atoms with Crippen molar-refractivity contribution in [3.8, 4) is 0 Å². The largest absolute Gasteiger partial charge is 0.327 e. The van der Waals surface area contributed by atoms with Crippen LogP contribution >= 0.6 is 0 Å². The molecule has 1 saturated carbocycles. The van der Waals surface area contributed by atoms with Gasteiger partial charge in [-0.05, 0) is 30.6 Å². The molecule has 0 aromatic carbocycles. The normalized spacial score (nSPS) is 19.6. The molecule has 2 atom stereocenters. The third-order valence-corrected chi connectivity index (χ3v) is 3.69. The Bertz CT molecular complexity index is 354. The first-order chi connectivity index (χ1) is 8.08. The molecule has 1 aromatic rings. The van der Waals surface area contributed by atoms with Crippen LogP contribution in [0.25, 0.3) is 0 Å². The van der Waals surface area contributed by atoms with E-state index in [9.17, 15) is 0 Å². The van der Waals surface area contributed by atoms with Gasteiger partial charge < -0.3 is 5.73 Å². The predicted molar refractivity (Wildman–Crippen MR) is 68.4 cm³/mol. The molecule has 1 heterocycles. The number of rotatable bonds is 6. The fraction of sp³-hybridized carbons (Fsp3) is 0.846. The molecular formula is C13H24N4. The Morgan fingerprint density at radius 2 is 2.12 bits per heavy atom. The third-order valence-electron chi connectivity index (χ3n) is 3.69. The molecule has 0 spiro atoms. The molecule has 96 valence electrons. The third kappa shape index (κ3) is 3.28. The number of aromatic nitrogens is 3. The van der Waals surface area contributed by atoms with Crippen LogP contribution in [0.2, 0.25) is 0 Å². The van der Waals surface area contributed by atoms with Gasteiger partial charge in [-0.15, -0.1) is 0 Å². The highest BCUT2D eigenvalue weighted by atomic mass is 15.3. The van der Waals surface area contributed by atoms with Crippen molar-refractivity contribution in [3.63, 3.8) is 0 Å². The summed E-state index contributed by atoms with van der Waals surface area (Å²) in [5.41, 5.74) is 6.27. The summed E-state index contributed by atoms with van der Waals surface area (Å²) in [7, 11) is 0. The second-order valence-electron chi connectivity index (χ2n) is 5.82. The minimum Gasteiger partial charge on any atom is -0.327 e. The van der Waals surface area contributed by atoms with Gasteiger partial charge in [-0.3, -0.25) is 0 Å². The molecule has 1 aromatic heterocycles. The van der Waals surface area contributed by atoms with Gasteiger partial charge in [0.25, 0.3) is 0 Å². The molecule has 2 unspecified atom stereocenters. The molecule has 0 amide bonds. The van der Waals surface area contributed by atoms with E-state index in [-0.39, 0.29) is 6.04 Å². The summed E-state index contributed by atoms with van der Waals surface area (Å²) in [6, 6.07) is 0.220. The number of nitrogens with two attached hydrogens (primary N) is 1. The maximum absolute atomic E-state index is 6.27. The van der Waals surface area contributed by atoms with Crippen LogP contribution in [0, 0.1) is 17.8 Å².